The minimum Gasteiger partial charge on any atom is -0.324 e. The highest BCUT2D eigenvalue weighted by molar-refractivity contribution is 6.31. The average molecular weight is 240 g/mol. The Morgan fingerprint density at radius 2 is 1.88 bits per heavy atom. The van der Waals surface area contributed by atoms with Crippen LogP contribution in [0.4, 0.5) is 0 Å². The van der Waals surface area contributed by atoms with Gasteiger partial charge in [-0.3, -0.25) is 0 Å². The molecule has 0 aromatic heterocycles. The van der Waals surface area contributed by atoms with Gasteiger partial charge >= 0.3 is 0 Å². The predicted molar refractivity (Wildman–Crippen MR) is 71.8 cm³/mol. The Morgan fingerprint density at radius 3 is 2.44 bits per heavy atom. The zero-order chi connectivity index (χ0) is 12.1. The summed E-state index contributed by atoms with van der Waals surface area (Å²) in [5, 5.41) is 0.817. The van der Waals surface area contributed by atoms with E-state index in [9.17, 15) is 0 Å². The Bertz CT molecular complexity index is 332. The molecule has 0 saturated carbocycles. The van der Waals surface area contributed by atoms with Crippen molar-refractivity contribution >= 4 is 11.6 Å². The SMILES string of the molecule is CCC(CC)CC(N)c1cccc(Cl)c1C. The molecular weight excluding hydrogens is 218 g/mol. The Kier molecular flexibility index (Phi) is 5.30. The smallest absolute Gasteiger partial charge is 0.0438 e. The van der Waals surface area contributed by atoms with E-state index < -0.39 is 0 Å². The molecule has 16 heavy (non-hydrogen) atoms. The van der Waals surface area contributed by atoms with Crippen molar-refractivity contribution < 1.29 is 0 Å². The maximum atomic E-state index is 6.26. The Morgan fingerprint density at radius 1 is 1.25 bits per heavy atom. The fourth-order valence-corrected chi connectivity index (χ4v) is 2.32. The molecule has 0 aliphatic carbocycles. The van der Waals surface area contributed by atoms with E-state index in [0.29, 0.717) is 5.92 Å². The summed E-state index contributed by atoms with van der Waals surface area (Å²) in [7, 11) is 0. The molecule has 0 aliphatic heterocycles. The quantitative estimate of drug-likeness (QED) is 0.806. The molecule has 0 spiro atoms. The first-order valence-corrected chi connectivity index (χ1v) is 6.48. The zero-order valence-electron chi connectivity index (χ0n) is 10.5. The minimum absolute atomic E-state index is 0.114. The molecule has 0 aliphatic rings. The van der Waals surface area contributed by atoms with Crippen molar-refractivity contribution in [1.82, 2.24) is 0 Å². The molecule has 0 saturated heterocycles. The second kappa shape index (κ2) is 6.27. The van der Waals surface area contributed by atoms with Crippen molar-refractivity contribution in [3.8, 4) is 0 Å². The van der Waals surface area contributed by atoms with Crippen LogP contribution in [0.15, 0.2) is 18.2 Å². The summed E-state index contributed by atoms with van der Waals surface area (Å²) in [5.41, 5.74) is 8.58. The summed E-state index contributed by atoms with van der Waals surface area (Å²) < 4.78 is 0. The van der Waals surface area contributed by atoms with Crippen molar-refractivity contribution in [3.05, 3.63) is 34.3 Å². The van der Waals surface area contributed by atoms with Crippen LogP contribution in [0, 0.1) is 12.8 Å². The third kappa shape index (κ3) is 3.23. The van der Waals surface area contributed by atoms with E-state index in [4.69, 9.17) is 17.3 Å². The van der Waals surface area contributed by atoms with Crippen LogP contribution in [0.25, 0.3) is 0 Å². The van der Waals surface area contributed by atoms with Crippen LogP contribution < -0.4 is 5.73 Å². The van der Waals surface area contributed by atoms with E-state index in [0.717, 1.165) is 17.0 Å². The molecule has 1 aromatic carbocycles. The van der Waals surface area contributed by atoms with Gasteiger partial charge in [-0.25, -0.2) is 0 Å². The van der Waals surface area contributed by atoms with Crippen LogP contribution in [-0.4, -0.2) is 0 Å². The summed E-state index contributed by atoms with van der Waals surface area (Å²) in [6.07, 6.45) is 3.45. The monoisotopic (exact) mass is 239 g/mol. The highest BCUT2D eigenvalue weighted by Crippen LogP contribution is 2.28. The lowest BCUT2D eigenvalue weighted by molar-refractivity contribution is 0.414. The first-order valence-electron chi connectivity index (χ1n) is 6.10. The maximum Gasteiger partial charge on any atom is 0.0438 e. The third-order valence-electron chi connectivity index (χ3n) is 3.45. The molecule has 0 heterocycles. The molecule has 1 atom stereocenters. The molecule has 90 valence electrons. The van der Waals surface area contributed by atoms with Gasteiger partial charge in [0.25, 0.3) is 0 Å². The Balaban J connectivity index is 2.80. The first-order chi connectivity index (χ1) is 7.60. The van der Waals surface area contributed by atoms with E-state index in [1.807, 2.05) is 19.1 Å². The normalized spacial score (nSPS) is 13.1. The highest BCUT2D eigenvalue weighted by atomic mass is 35.5. The molecule has 2 heteroatoms. The van der Waals surface area contributed by atoms with Gasteiger partial charge in [0, 0.05) is 11.1 Å². The average Bonchev–Trinajstić information content (AvgIpc) is 2.29. The summed E-state index contributed by atoms with van der Waals surface area (Å²) in [4.78, 5) is 0. The Labute approximate surface area is 104 Å². The van der Waals surface area contributed by atoms with E-state index in [2.05, 4.69) is 19.9 Å². The second-order valence-corrected chi connectivity index (χ2v) is 4.89. The van der Waals surface area contributed by atoms with Crippen LogP contribution in [0.1, 0.15) is 50.3 Å². The maximum absolute atomic E-state index is 6.26. The zero-order valence-corrected chi connectivity index (χ0v) is 11.2. The fraction of sp³-hybridized carbons (Fsp3) is 0.571. The molecule has 1 rings (SSSR count). The van der Waals surface area contributed by atoms with Gasteiger partial charge < -0.3 is 5.73 Å². The van der Waals surface area contributed by atoms with Crippen molar-refractivity contribution in [2.75, 3.05) is 0 Å². The van der Waals surface area contributed by atoms with Crippen LogP contribution in [-0.2, 0) is 0 Å². The van der Waals surface area contributed by atoms with Gasteiger partial charge in [-0.05, 0) is 36.5 Å². The van der Waals surface area contributed by atoms with E-state index in [1.165, 1.54) is 18.4 Å². The van der Waals surface area contributed by atoms with Crippen LogP contribution in [0.2, 0.25) is 5.02 Å². The van der Waals surface area contributed by atoms with Crippen LogP contribution in [0.3, 0.4) is 0 Å². The summed E-state index contributed by atoms with van der Waals surface area (Å²) in [5.74, 6) is 0.716. The van der Waals surface area contributed by atoms with E-state index >= 15 is 0 Å². The fourth-order valence-electron chi connectivity index (χ4n) is 2.13. The number of halogens is 1. The van der Waals surface area contributed by atoms with Gasteiger partial charge in [0.1, 0.15) is 0 Å². The molecule has 2 N–H and O–H groups in total. The van der Waals surface area contributed by atoms with Crippen molar-refractivity contribution in [2.45, 2.75) is 46.1 Å². The second-order valence-electron chi connectivity index (χ2n) is 4.48. The van der Waals surface area contributed by atoms with Gasteiger partial charge in [0.15, 0.2) is 0 Å². The lowest BCUT2D eigenvalue weighted by Crippen LogP contribution is -2.16. The molecule has 1 aromatic rings. The molecule has 0 amide bonds. The molecule has 0 radical (unpaired) electrons. The highest BCUT2D eigenvalue weighted by Gasteiger charge is 2.14. The number of hydrogen-bond donors (Lipinski definition) is 1. The topological polar surface area (TPSA) is 26.0 Å². The van der Waals surface area contributed by atoms with Gasteiger partial charge in [-0.2, -0.15) is 0 Å². The number of rotatable bonds is 5. The number of benzene rings is 1. The van der Waals surface area contributed by atoms with Crippen molar-refractivity contribution in [3.63, 3.8) is 0 Å². The molecule has 1 unspecified atom stereocenters. The minimum atomic E-state index is 0.114. The van der Waals surface area contributed by atoms with Crippen LogP contribution >= 0.6 is 11.6 Å². The van der Waals surface area contributed by atoms with Crippen molar-refractivity contribution in [2.24, 2.45) is 11.7 Å². The number of nitrogens with two attached hydrogens (primary N) is 1. The van der Waals surface area contributed by atoms with Crippen LogP contribution in [0.5, 0.6) is 0 Å². The lowest BCUT2D eigenvalue weighted by atomic mass is 9.90. The molecule has 1 nitrogen and oxygen atoms in total. The van der Waals surface area contributed by atoms with Gasteiger partial charge in [-0.15, -0.1) is 0 Å². The van der Waals surface area contributed by atoms with E-state index in [1.54, 1.807) is 0 Å². The molecule has 0 fully saturated rings. The van der Waals surface area contributed by atoms with Gasteiger partial charge in [0.2, 0.25) is 0 Å². The van der Waals surface area contributed by atoms with Crippen molar-refractivity contribution in [1.29, 1.82) is 0 Å². The largest absolute Gasteiger partial charge is 0.324 e. The first kappa shape index (κ1) is 13.5. The van der Waals surface area contributed by atoms with Gasteiger partial charge in [-0.1, -0.05) is 50.4 Å². The number of hydrogen-bond acceptors (Lipinski definition) is 1. The molecular formula is C14H22ClN. The Hall–Kier alpha value is -0.530. The standard InChI is InChI=1S/C14H22ClN/c1-4-11(5-2)9-14(16)12-7-6-8-13(15)10(12)3/h6-8,11,14H,4-5,9,16H2,1-3H3. The molecule has 0 bridgehead atoms. The lowest BCUT2D eigenvalue weighted by Gasteiger charge is -2.20. The van der Waals surface area contributed by atoms with E-state index in [-0.39, 0.29) is 6.04 Å². The summed E-state index contributed by atoms with van der Waals surface area (Å²) >= 11 is 6.11. The summed E-state index contributed by atoms with van der Waals surface area (Å²) in [6, 6.07) is 6.11. The third-order valence-corrected chi connectivity index (χ3v) is 3.86. The predicted octanol–water partition coefficient (Wildman–Crippen LogP) is 4.47. The van der Waals surface area contributed by atoms with Gasteiger partial charge in [0.05, 0.1) is 0 Å². The summed E-state index contributed by atoms with van der Waals surface area (Å²) in [6.45, 7) is 6.50.